The van der Waals surface area contributed by atoms with Crippen LogP contribution < -0.4 is 4.90 Å². The Hall–Kier alpha value is -3.84. The summed E-state index contributed by atoms with van der Waals surface area (Å²) >= 11 is 0. The van der Waals surface area contributed by atoms with Crippen LogP contribution in [0.4, 0.5) is 11.4 Å². The summed E-state index contributed by atoms with van der Waals surface area (Å²) in [6.45, 7) is 0. The van der Waals surface area contributed by atoms with Gasteiger partial charge in [0.1, 0.15) is 0 Å². The van der Waals surface area contributed by atoms with Crippen LogP contribution in [0.25, 0.3) is 16.7 Å². The van der Waals surface area contributed by atoms with Gasteiger partial charge in [0.25, 0.3) is 0 Å². The van der Waals surface area contributed by atoms with E-state index in [0.29, 0.717) is 0 Å². The lowest BCUT2D eigenvalue weighted by molar-refractivity contribution is 0.780. The first kappa shape index (κ1) is 18.7. The molecule has 7 rings (SSSR count). The second kappa shape index (κ2) is 6.83. The molecule has 3 aliphatic carbocycles. The summed E-state index contributed by atoms with van der Waals surface area (Å²) in [5.41, 5.74) is 13.6. The van der Waals surface area contributed by atoms with Crippen LogP contribution in [0.1, 0.15) is 35.1 Å². The first-order valence-electron chi connectivity index (χ1n) is 11.8. The zero-order valence-corrected chi connectivity index (χ0v) is 18.8. The van der Waals surface area contributed by atoms with Crippen LogP contribution in [-0.4, -0.2) is 7.05 Å². The van der Waals surface area contributed by atoms with Crippen LogP contribution >= 0.6 is 0 Å². The number of fused-ring (bicyclic) bond motifs is 9. The third kappa shape index (κ3) is 2.37. The fourth-order valence-electron chi connectivity index (χ4n) is 6.37. The van der Waals surface area contributed by atoms with Crippen LogP contribution in [0, 0.1) is 0 Å². The van der Waals surface area contributed by atoms with Crippen LogP contribution in [0.15, 0.2) is 115 Å². The minimum absolute atomic E-state index is 0.234. The molecule has 0 fully saturated rings. The Morgan fingerprint density at radius 2 is 1.30 bits per heavy atom. The van der Waals surface area contributed by atoms with Gasteiger partial charge in [-0.2, -0.15) is 0 Å². The average Bonchev–Trinajstić information content (AvgIpc) is 3.36. The smallest absolute Gasteiger partial charge is 0.0722 e. The lowest BCUT2D eigenvalue weighted by Gasteiger charge is -2.33. The molecular weight excluding hydrogens is 398 g/mol. The van der Waals surface area contributed by atoms with Crippen molar-refractivity contribution in [2.24, 2.45) is 0 Å². The standard InChI is InChI=1S/C32H25N/c1-33(22-11-3-2-4-12-22)23-19-20-27-26-15-7-10-18-30(26)32(31(27)21-23)28-16-8-5-13-24(28)25-14-6-9-17-29(25)32/h2-5,7-13,15-21H,6,14H2,1H3. The van der Waals surface area contributed by atoms with Gasteiger partial charge < -0.3 is 4.90 Å². The summed E-state index contributed by atoms with van der Waals surface area (Å²) in [6, 6.07) is 35.8. The highest BCUT2D eigenvalue weighted by atomic mass is 15.1. The molecule has 33 heavy (non-hydrogen) atoms. The van der Waals surface area contributed by atoms with E-state index in [1.54, 1.807) is 0 Å². The maximum Gasteiger partial charge on any atom is 0.0722 e. The summed E-state index contributed by atoms with van der Waals surface area (Å²) in [7, 11) is 2.17. The highest BCUT2D eigenvalue weighted by Crippen LogP contribution is 2.63. The van der Waals surface area contributed by atoms with Gasteiger partial charge in [-0.05, 0) is 81.6 Å². The molecule has 0 saturated carbocycles. The van der Waals surface area contributed by atoms with E-state index >= 15 is 0 Å². The fourth-order valence-corrected chi connectivity index (χ4v) is 6.37. The third-order valence-electron chi connectivity index (χ3n) is 7.79. The molecule has 4 aromatic rings. The fraction of sp³-hybridized carbons (Fsp3) is 0.125. The molecular formula is C32H25N. The first-order valence-corrected chi connectivity index (χ1v) is 11.8. The number of hydrogen-bond donors (Lipinski definition) is 0. The molecule has 158 valence electrons. The van der Waals surface area contributed by atoms with Crippen LogP contribution in [0.2, 0.25) is 0 Å². The molecule has 3 aliphatic rings. The van der Waals surface area contributed by atoms with Crippen molar-refractivity contribution in [1.29, 1.82) is 0 Å². The molecule has 0 radical (unpaired) electrons. The van der Waals surface area contributed by atoms with E-state index < -0.39 is 0 Å². The largest absolute Gasteiger partial charge is 0.345 e. The van der Waals surface area contributed by atoms with Crippen molar-refractivity contribution in [3.8, 4) is 11.1 Å². The highest BCUT2D eigenvalue weighted by Gasteiger charge is 2.52. The van der Waals surface area contributed by atoms with E-state index in [9.17, 15) is 0 Å². The predicted octanol–water partition coefficient (Wildman–Crippen LogP) is 7.89. The van der Waals surface area contributed by atoms with Gasteiger partial charge in [-0.25, -0.2) is 0 Å². The van der Waals surface area contributed by atoms with Crippen molar-refractivity contribution in [3.05, 3.63) is 137 Å². The normalized spacial score (nSPS) is 19.3. The summed E-state index contributed by atoms with van der Waals surface area (Å²) in [4.78, 5) is 2.30. The van der Waals surface area contributed by atoms with Gasteiger partial charge in [0.05, 0.1) is 5.41 Å². The molecule has 1 heteroatoms. The molecule has 0 heterocycles. The number of para-hydroxylation sites is 1. The number of rotatable bonds is 2. The molecule has 1 atom stereocenters. The van der Waals surface area contributed by atoms with Crippen molar-refractivity contribution >= 4 is 16.9 Å². The number of hydrogen-bond acceptors (Lipinski definition) is 1. The second-order valence-electron chi connectivity index (χ2n) is 9.30. The summed E-state index contributed by atoms with van der Waals surface area (Å²) in [5.74, 6) is 0. The van der Waals surface area contributed by atoms with Gasteiger partial charge in [0.15, 0.2) is 0 Å². The van der Waals surface area contributed by atoms with Gasteiger partial charge in [0.2, 0.25) is 0 Å². The van der Waals surface area contributed by atoms with Crippen molar-refractivity contribution in [3.63, 3.8) is 0 Å². The highest BCUT2D eigenvalue weighted by molar-refractivity contribution is 5.96. The molecule has 0 amide bonds. The van der Waals surface area contributed by atoms with E-state index in [1.807, 2.05) is 0 Å². The topological polar surface area (TPSA) is 3.24 Å². The molecule has 1 spiro atoms. The zero-order valence-electron chi connectivity index (χ0n) is 18.8. The van der Waals surface area contributed by atoms with E-state index in [2.05, 4.69) is 121 Å². The summed E-state index contributed by atoms with van der Waals surface area (Å²) < 4.78 is 0. The quantitative estimate of drug-likeness (QED) is 0.317. The minimum Gasteiger partial charge on any atom is -0.345 e. The van der Waals surface area contributed by atoms with E-state index in [-0.39, 0.29) is 5.41 Å². The van der Waals surface area contributed by atoms with Gasteiger partial charge >= 0.3 is 0 Å². The van der Waals surface area contributed by atoms with Crippen molar-refractivity contribution in [2.45, 2.75) is 18.3 Å². The van der Waals surface area contributed by atoms with Gasteiger partial charge in [-0.1, -0.05) is 84.9 Å². The predicted molar refractivity (Wildman–Crippen MR) is 138 cm³/mol. The Labute approximate surface area is 195 Å². The van der Waals surface area contributed by atoms with Crippen LogP contribution in [-0.2, 0) is 5.41 Å². The van der Waals surface area contributed by atoms with Gasteiger partial charge in [-0.15, -0.1) is 0 Å². The Balaban J connectivity index is 1.55. The second-order valence-corrected chi connectivity index (χ2v) is 9.30. The maximum atomic E-state index is 2.44. The lowest BCUT2D eigenvalue weighted by atomic mass is 9.69. The Morgan fingerprint density at radius 3 is 2.12 bits per heavy atom. The number of benzene rings is 4. The van der Waals surface area contributed by atoms with Gasteiger partial charge in [0, 0.05) is 18.4 Å². The molecule has 4 aromatic carbocycles. The number of anilines is 2. The summed E-state index contributed by atoms with van der Waals surface area (Å²) in [6.07, 6.45) is 7.02. The molecule has 0 bridgehead atoms. The molecule has 0 saturated heterocycles. The summed E-state index contributed by atoms with van der Waals surface area (Å²) in [5, 5.41) is 0. The van der Waals surface area contributed by atoms with Crippen molar-refractivity contribution in [2.75, 3.05) is 11.9 Å². The average molecular weight is 424 g/mol. The molecule has 0 N–H and O–H groups in total. The van der Waals surface area contributed by atoms with E-state index in [4.69, 9.17) is 0 Å². The van der Waals surface area contributed by atoms with Crippen LogP contribution in [0.5, 0.6) is 0 Å². The Bertz CT molecular complexity index is 1470. The number of allylic oxidation sites excluding steroid dienone is 4. The minimum atomic E-state index is -0.234. The lowest BCUT2D eigenvalue weighted by Crippen LogP contribution is -2.27. The Morgan fingerprint density at radius 1 is 0.636 bits per heavy atom. The molecule has 1 nitrogen and oxygen atoms in total. The van der Waals surface area contributed by atoms with Crippen molar-refractivity contribution in [1.82, 2.24) is 0 Å². The van der Waals surface area contributed by atoms with Crippen molar-refractivity contribution < 1.29 is 0 Å². The SMILES string of the molecule is CN(c1ccccc1)c1ccc2c(c1)C1(C3=C(CCC=C3)c3ccccc31)c1ccccc1-2. The zero-order chi connectivity index (χ0) is 22.0. The number of nitrogens with zero attached hydrogens (tertiary/aromatic N) is 1. The van der Waals surface area contributed by atoms with Crippen LogP contribution in [0.3, 0.4) is 0 Å². The molecule has 0 aromatic heterocycles. The Kier molecular flexibility index (Phi) is 3.87. The van der Waals surface area contributed by atoms with E-state index in [1.165, 1.54) is 55.9 Å². The van der Waals surface area contributed by atoms with Gasteiger partial charge in [-0.3, -0.25) is 0 Å². The maximum absolute atomic E-state index is 2.44. The third-order valence-corrected chi connectivity index (χ3v) is 7.79. The monoisotopic (exact) mass is 423 g/mol. The molecule has 0 aliphatic heterocycles. The van der Waals surface area contributed by atoms with E-state index in [0.717, 1.165) is 12.8 Å². The first-order chi connectivity index (χ1) is 16.3. The molecule has 1 unspecified atom stereocenters.